The van der Waals surface area contributed by atoms with E-state index < -0.39 is 0 Å². The van der Waals surface area contributed by atoms with Crippen LogP contribution in [0.3, 0.4) is 0 Å². The first kappa shape index (κ1) is 17.3. The molecule has 3 heterocycles. The molecule has 4 rings (SSSR count). The van der Waals surface area contributed by atoms with E-state index in [1.165, 1.54) is 16.6 Å². The summed E-state index contributed by atoms with van der Waals surface area (Å²) in [7, 11) is 0. The molecule has 2 aromatic heterocycles. The van der Waals surface area contributed by atoms with Crippen molar-refractivity contribution < 1.29 is 4.79 Å². The van der Waals surface area contributed by atoms with Crippen LogP contribution in [0.5, 0.6) is 0 Å². The molecule has 0 N–H and O–H groups in total. The Kier molecular flexibility index (Phi) is 5.36. The predicted octanol–water partition coefficient (Wildman–Crippen LogP) is 3.63. The Morgan fingerprint density at radius 3 is 2.62 bits per heavy atom. The van der Waals surface area contributed by atoms with E-state index in [4.69, 9.17) is 0 Å². The second kappa shape index (κ2) is 8.05. The van der Waals surface area contributed by atoms with Crippen LogP contribution in [0.25, 0.3) is 5.69 Å². The first-order chi connectivity index (χ1) is 12.8. The number of rotatable bonds is 6. The van der Waals surface area contributed by atoms with Crippen molar-refractivity contribution in [2.45, 2.75) is 24.4 Å². The van der Waals surface area contributed by atoms with Crippen molar-refractivity contribution in [2.75, 3.05) is 18.8 Å². The molecule has 0 aliphatic carbocycles. The summed E-state index contributed by atoms with van der Waals surface area (Å²) in [4.78, 5) is 15.6. The average Bonchev–Trinajstić information content (AvgIpc) is 3.43. The van der Waals surface area contributed by atoms with Crippen molar-refractivity contribution in [3.05, 3.63) is 58.5 Å². The fraction of sp³-hybridized carbons (Fsp3) is 0.316. The molecule has 5 nitrogen and oxygen atoms in total. The minimum absolute atomic E-state index is 0.190. The zero-order chi connectivity index (χ0) is 17.8. The number of aromatic nitrogens is 3. The smallest absolute Gasteiger partial charge is 0.233 e. The van der Waals surface area contributed by atoms with E-state index in [1.54, 1.807) is 11.3 Å². The highest BCUT2D eigenvalue weighted by Crippen LogP contribution is 2.25. The van der Waals surface area contributed by atoms with Crippen molar-refractivity contribution in [1.82, 2.24) is 19.7 Å². The molecule has 3 aromatic rings. The van der Waals surface area contributed by atoms with Crippen LogP contribution in [0.4, 0.5) is 0 Å². The maximum Gasteiger partial charge on any atom is 0.233 e. The van der Waals surface area contributed by atoms with E-state index in [-0.39, 0.29) is 5.91 Å². The summed E-state index contributed by atoms with van der Waals surface area (Å²) in [6, 6.07) is 14.3. The van der Waals surface area contributed by atoms with E-state index in [0.717, 1.165) is 49.0 Å². The first-order valence-electron chi connectivity index (χ1n) is 8.74. The molecule has 0 radical (unpaired) electrons. The van der Waals surface area contributed by atoms with E-state index in [0.29, 0.717) is 5.75 Å². The lowest BCUT2D eigenvalue weighted by Gasteiger charge is -2.15. The Hall–Kier alpha value is -2.12. The Balaban J connectivity index is 1.57. The summed E-state index contributed by atoms with van der Waals surface area (Å²) in [6.45, 7) is 1.77. The summed E-state index contributed by atoms with van der Waals surface area (Å²) in [5, 5.41) is 11.6. The van der Waals surface area contributed by atoms with Gasteiger partial charge in [0.2, 0.25) is 5.91 Å². The molecule has 134 valence electrons. The number of carbonyl (C=O) groups excluding carboxylic acids is 1. The van der Waals surface area contributed by atoms with Gasteiger partial charge in [-0.25, -0.2) is 0 Å². The highest BCUT2D eigenvalue weighted by molar-refractivity contribution is 7.99. The van der Waals surface area contributed by atoms with Crippen LogP contribution in [0.15, 0.2) is 53.0 Å². The number of benzene rings is 1. The minimum atomic E-state index is 0.190. The zero-order valence-electron chi connectivity index (χ0n) is 14.4. The molecule has 0 spiro atoms. The van der Waals surface area contributed by atoms with Crippen molar-refractivity contribution >= 4 is 29.0 Å². The SMILES string of the molecule is O=C(CSc1nnc(Cc2cccs2)n1-c1ccccc1)N1CCCC1. The Morgan fingerprint density at radius 1 is 1.08 bits per heavy atom. The molecule has 1 aliphatic heterocycles. The van der Waals surface area contributed by atoms with Crippen molar-refractivity contribution in [3.63, 3.8) is 0 Å². The number of thiophene rings is 1. The highest BCUT2D eigenvalue weighted by Gasteiger charge is 2.20. The summed E-state index contributed by atoms with van der Waals surface area (Å²) < 4.78 is 2.07. The van der Waals surface area contributed by atoms with Gasteiger partial charge in [0.25, 0.3) is 0 Å². The number of thioether (sulfide) groups is 1. The van der Waals surface area contributed by atoms with E-state index in [1.807, 2.05) is 41.3 Å². The summed E-state index contributed by atoms with van der Waals surface area (Å²) >= 11 is 3.19. The number of likely N-dealkylation sites (tertiary alicyclic amines) is 1. The van der Waals surface area contributed by atoms with Crippen LogP contribution in [-0.2, 0) is 11.2 Å². The van der Waals surface area contributed by atoms with Gasteiger partial charge in [0.15, 0.2) is 5.16 Å². The van der Waals surface area contributed by atoms with Crippen molar-refractivity contribution in [2.24, 2.45) is 0 Å². The zero-order valence-corrected chi connectivity index (χ0v) is 16.0. The predicted molar refractivity (Wildman–Crippen MR) is 105 cm³/mol. The molecular weight excluding hydrogens is 364 g/mol. The summed E-state index contributed by atoms with van der Waals surface area (Å²) in [5.41, 5.74) is 1.03. The van der Waals surface area contributed by atoms with Crippen molar-refractivity contribution in [3.8, 4) is 5.69 Å². The van der Waals surface area contributed by atoms with E-state index >= 15 is 0 Å². The molecule has 26 heavy (non-hydrogen) atoms. The molecule has 1 amide bonds. The molecule has 0 atom stereocenters. The Bertz CT molecular complexity index is 855. The van der Waals surface area contributed by atoms with E-state index in [9.17, 15) is 4.79 Å². The lowest BCUT2D eigenvalue weighted by molar-refractivity contribution is -0.127. The number of amides is 1. The van der Waals surface area contributed by atoms with Crippen LogP contribution in [0, 0.1) is 0 Å². The standard InChI is InChI=1S/C19H20N4OS2/c24-18(22-10-4-5-11-22)14-26-19-21-20-17(13-16-9-6-12-25-16)23(19)15-7-2-1-3-8-15/h1-3,6-9,12H,4-5,10-11,13-14H2. The van der Waals surface area contributed by atoms with Gasteiger partial charge in [-0.15, -0.1) is 21.5 Å². The van der Waals surface area contributed by atoms with E-state index in [2.05, 4.69) is 26.2 Å². The molecule has 1 aliphatic rings. The molecule has 1 fully saturated rings. The van der Waals surface area contributed by atoms with Gasteiger partial charge in [-0.1, -0.05) is 36.0 Å². The van der Waals surface area contributed by atoms with Crippen LogP contribution in [0.2, 0.25) is 0 Å². The summed E-state index contributed by atoms with van der Waals surface area (Å²) in [5.74, 6) is 1.49. The van der Waals surface area contributed by atoms with Crippen LogP contribution in [0.1, 0.15) is 23.5 Å². The number of hydrogen-bond donors (Lipinski definition) is 0. The van der Waals surface area contributed by atoms with Gasteiger partial charge in [0.05, 0.1) is 5.75 Å². The number of nitrogens with zero attached hydrogens (tertiary/aromatic N) is 4. The lowest BCUT2D eigenvalue weighted by Crippen LogP contribution is -2.29. The van der Waals surface area contributed by atoms with Gasteiger partial charge in [0, 0.05) is 30.1 Å². The summed E-state index contributed by atoms with van der Waals surface area (Å²) in [6.07, 6.45) is 2.96. The maximum atomic E-state index is 12.4. The van der Waals surface area contributed by atoms with Crippen LogP contribution >= 0.6 is 23.1 Å². The lowest BCUT2D eigenvalue weighted by atomic mass is 10.3. The Labute approximate surface area is 161 Å². The fourth-order valence-corrected chi connectivity index (χ4v) is 4.67. The first-order valence-corrected chi connectivity index (χ1v) is 10.6. The number of hydrogen-bond acceptors (Lipinski definition) is 5. The second-order valence-corrected chi connectivity index (χ2v) is 8.18. The van der Waals surface area contributed by atoms with Gasteiger partial charge in [-0.05, 0) is 36.4 Å². The topological polar surface area (TPSA) is 51.0 Å². The molecule has 0 unspecified atom stereocenters. The molecular formula is C19H20N4OS2. The fourth-order valence-electron chi connectivity index (χ4n) is 3.10. The molecule has 0 bridgehead atoms. The van der Waals surface area contributed by atoms with Crippen molar-refractivity contribution in [1.29, 1.82) is 0 Å². The second-order valence-electron chi connectivity index (χ2n) is 6.20. The number of para-hydroxylation sites is 1. The number of carbonyl (C=O) groups is 1. The van der Waals surface area contributed by atoms with Gasteiger partial charge in [-0.3, -0.25) is 9.36 Å². The van der Waals surface area contributed by atoms with Gasteiger partial charge >= 0.3 is 0 Å². The van der Waals surface area contributed by atoms with Gasteiger partial charge < -0.3 is 4.90 Å². The Morgan fingerprint density at radius 2 is 1.88 bits per heavy atom. The molecule has 1 saturated heterocycles. The van der Waals surface area contributed by atoms with Gasteiger partial charge in [-0.2, -0.15) is 0 Å². The maximum absolute atomic E-state index is 12.4. The highest BCUT2D eigenvalue weighted by atomic mass is 32.2. The minimum Gasteiger partial charge on any atom is -0.342 e. The average molecular weight is 385 g/mol. The third-order valence-corrected chi connectivity index (χ3v) is 6.20. The third kappa shape index (κ3) is 3.83. The molecule has 1 aromatic carbocycles. The van der Waals surface area contributed by atoms with Crippen LogP contribution < -0.4 is 0 Å². The molecule has 7 heteroatoms. The van der Waals surface area contributed by atoms with Gasteiger partial charge in [0.1, 0.15) is 5.82 Å². The largest absolute Gasteiger partial charge is 0.342 e. The molecule has 0 saturated carbocycles. The normalized spacial score (nSPS) is 14.1. The third-order valence-electron chi connectivity index (χ3n) is 4.41. The monoisotopic (exact) mass is 384 g/mol. The quantitative estimate of drug-likeness (QED) is 0.609. The van der Waals surface area contributed by atoms with Crippen LogP contribution in [-0.4, -0.2) is 44.4 Å².